The molecule has 1 aliphatic rings. The molecule has 7 nitrogen and oxygen atoms in total. The van der Waals surface area contributed by atoms with Crippen LogP contribution in [0.5, 0.6) is 5.75 Å². The van der Waals surface area contributed by atoms with Crippen LogP contribution in [0.1, 0.15) is 24.5 Å². The molecule has 1 atom stereocenters. The van der Waals surface area contributed by atoms with E-state index in [0.717, 1.165) is 24.5 Å². The van der Waals surface area contributed by atoms with Gasteiger partial charge < -0.3 is 4.18 Å². The van der Waals surface area contributed by atoms with Crippen molar-refractivity contribution in [1.82, 2.24) is 0 Å². The Labute approximate surface area is 196 Å². The summed E-state index contributed by atoms with van der Waals surface area (Å²) in [5, 5.41) is 0.617. The summed E-state index contributed by atoms with van der Waals surface area (Å²) in [7, 11) is -8.32. The summed E-state index contributed by atoms with van der Waals surface area (Å²) in [6.45, 7) is 3.17. The highest BCUT2D eigenvalue weighted by Gasteiger charge is 2.25. The number of ketones is 1. The normalized spacial score (nSPS) is 16.8. The number of rotatable bonds is 7. The van der Waals surface area contributed by atoms with Crippen LogP contribution in [0.3, 0.4) is 0 Å². The second-order valence-corrected chi connectivity index (χ2v) is 11.1. The molecule has 3 rings (SSSR count). The number of carbonyl (C=O) groups excluding carboxylic acids is 1. The summed E-state index contributed by atoms with van der Waals surface area (Å²) in [6, 6.07) is 7.43. The highest BCUT2D eigenvalue weighted by molar-refractivity contribution is 7.94. The van der Waals surface area contributed by atoms with E-state index in [0.29, 0.717) is 5.41 Å². The molecule has 0 spiro atoms. The van der Waals surface area contributed by atoms with E-state index in [1.807, 2.05) is 0 Å². The standard InChI is InChI=1S/C23H21F2NO6S2/c1-14-12-18(26-19(13-14)22-16(24)7-5-8-17(22)25)20(27)10-11-34(30,31)23-15(2)6-4-9-21(23)32-33(3,28)29/h4-12,14H,13H2,1-3H3/b11-10+. The van der Waals surface area contributed by atoms with Gasteiger partial charge in [-0.3, -0.25) is 4.79 Å². The molecule has 0 saturated heterocycles. The van der Waals surface area contributed by atoms with E-state index in [1.54, 1.807) is 6.92 Å². The van der Waals surface area contributed by atoms with Crippen LogP contribution in [0.15, 0.2) is 69.5 Å². The maximum absolute atomic E-state index is 14.2. The van der Waals surface area contributed by atoms with Crippen LogP contribution in [0, 0.1) is 24.5 Å². The first-order chi connectivity index (χ1) is 15.8. The highest BCUT2D eigenvalue weighted by Crippen LogP contribution is 2.30. The Morgan fingerprint density at radius 1 is 1.09 bits per heavy atom. The first-order valence-electron chi connectivity index (χ1n) is 9.99. The number of aliphatic imine (C=N–C) groups is 1. The Hall–Kier alpha value is -3.18. The zero-order valence-electron chi connectivity index (χ0n) is 18.4. The Bertz CT molecular complexity index is 1440. The SMILES string of the molecule is Cc1cccc(OS(C)(=O)=O)c1S(=O)(=O)/C=C/C(=O)C1=CC(C)CC(c2c(F)cccc2F)=N1. The van der Waals surface area contributed by atoms with Crippen molar-refractivity contribution in [3.8, 4) is 5.75 Å². The van der Waals surface area contributed by atoms with E-state index in [9.17, 15) is 30.4 Å². The van der Waals surface area contributed by atoms with Crippen LogP contribution in [-0.2, 0) is 24.7 Å². The molecule has 0 saturated carbocycles. The van der Waals surface area contributed by atoms with Crippen molar-refractivity contribution in [1.29, 1.82) is 0 Å². The molecule has 0 fully saturated rings. The number of hydrogen-bond acceptors (Lipinski definition) is 7. The van der Waals surface area contributed by atoms with Crippen LogP contribution >= 0.6 is 0 Å². The van der Waals surface area contributed by atoms with Gasteiger partial charge in [0, 0.05) is 5.41 Å². The fourth-order valence-electron chi connectivity index (χ4n) is 3.45. The average Bonchev–Trinajstić information content (AvgIpc) is 2.70. The molecule has 0 bridgehead atoms. The van der Waals surface area contributed by atoms with Gasteiger partial charge >= 0.3 is 10.1 Å². The lowest BCUT2D eigenvalue weighted by Gasteiger charge is -2.17. The van der Waals surface area contributed by atoms with Gasteiger partial charge in [0.25, 0.3) is 0 Å². The molecule has 1 aliphatic heterocycles. The predicted octanol–water partition coefficient (Wildman–Crippen LogP) is 3.88. The Balaban J connectivity index is 1.96. The molecule has 0 radical (unpaired) electrons. The molecule has 1 unspecified atom stereocenters. The summed E-state index contributed by atoms with van der Waals surface area (Å²) in [5.74, 6) is -3.14. The first kappa shape index (κ1) is 25.4. The molecule has 0 amide bonds. The molecule has 11 heteroatoms. The minimum atomic E-state index is -4.31. The molecule has 0 N–H and O–H groups in total. The minimum absolute atomic E-state index is 0.0351. The zero-order chi connectivity index (χ0) is 25.3. The summed E-state index contributed by atoms with van der Waals surface area (Å²) in [6.07, 6.45) is 3.20. The van der Waals surface area contributed by atoms with Crippen LogP contribution in [0.2, 0.25) is 0 Å². The van der Waals surface area contributed by atoms with Gasteiger partial charge in [-0.1, -0.05) is 31.2 Å². The third-order valence-corrected chi connectivity index (χ3v) is 6.89. The second kappa shape index (κ2) is 9.59. The molecule has 34 heavy (non-hydrogen) atoms. The second-order valence-electron chi connectivity index (χ2n) is 7.79. The average molecular weight is 510 g/mol. The van der Waals surface area contributed by atoms with E-state index in [4.69, 9.17) is 4.18 Å². The minimum Gasteiger partial charge on any atom is -0.381 e. The van der Waals surface area contributed by atoms with E-state index in [-0.39, 0.29) is 34.9 Å². The number of carbonyl (C=O) groups is 1. The third kappa shape index (κ3) is 5.84. The predicted molar refractivity (Wildman–Crippen MR) is 123 cm³/mol. The van der Waals surface area contributed by atoms with Gasteiger partial charge in [-0.15, -0.1) is 0 Å². The number of aryl methyl sites for hydroxylation is 1. The maximum Gasteiger partial charge on any atom is 0.306 e. The van der Waals surface area contributed by atoms with Crippen molar-refractivity contribution in [2.75, 3.05) is 6.26 Å². The van der Waals surface area contributed by atoms with Crippen LogP contribution in [0.4, 0.5) is 8.78 Å². The van der Waals surface area contributed by atoms with Crippen LogP contribution < -0.4 is 4.18 Å². The van der Waals surface area contributed by atoms with Crippen molar-refractivity contribution in [3.63, 3.8) is 0 Å². The third-order valence-electron chi connectivity index (χ3n) is 4.82. The largest absolute Gasteiger partial charge is 0.381 e. The highest BCUT2D eigenvalue weighted by atomic mass is 32.2. The Morgan fingerprint density at radius 2 is 1.71 bits per heavy atom. The Kier molecular flexibility index (Phi) is 7.18. The Morgan fingerprint density at radius 3 is 2.32 bits per heavy atom. The smallest absolute Gasteiger partial charge is 0.306 e. The topological polar surface area (TPSA) is 107 Å². The lowest BCUT2D eigenvalue weighted by molar-refractivity contribution is -0.111. The molecule has 0 aromatic heterocycles. The van der Waals surface area contributed by atoms with Crippen molar-refractivity contribution >= 4 is 31.5 Å². The fourth-order valence-corrected chi connectivity index (χ4v) is 5.32. The molecule has 1 heterocycles. The summed E-state index contributed by atoms with van der Waals surface area (Å²) < 4.78 is 82.1. The molecule has 2 aromatic rings. The van der Waals surface area contributed by atoms with Gasteiger partial charge in [0.1, 0.15) is 22.2 Å². The van der Waals surface area contributed by atoms with Gasteiger partial charge in [0.15, 0.2) is 5.75 Å². The van der Waals surface area contributed by atoms with E-state index in [1.165, 1.54) is 37.3 Å². The fraction of sp³-hybridized carbons (Fsp3) is 0.217. The quantitative estimate of drug-likeness (QED) is 0.414. The van der Waals surface area contributed by atoms with Gasteiger partial charge in [-0.2, -0.15) is 8.42 Å². The lowest BCUT2D eigenvalue weighted by atomic mass is 9.94. The number of hydrogen-bond donors (Lipinski definition) is 0. The van der Waals surface area contributed by atoms with Gasteiger partial charge in [-0.05, 0) is 49.1 Å². The summed E-state index contributed by atoms with van der Waals surface area (Å²) in [4.78, 5) is 16.4. The van der Waals surface area contributed by atoms with Gasteiger partial charge in [0.2, 0.25) is 15.6 Å². The van der Waals surface area contributed by atoms with E-state index in [2.05, 4.69) is 4.99 Å². The van der Waals surface area contributed by atoms with Gasteiger partial charge in [0.05, 0.1) is 17.5 Å². The summed E-state index contributed by atoms with van der Waals surface area (Å²) in [5.41, 5.74) is -0.265. The van der Waals surface area contributed by atoms with Crippen molar-refractivity contribution in [2.45, 2.75) is 25.2 Å². The van der Waals surface area contributed by atoms with Crippen molar-refractivity contribution in [2.24, 2.45) is 10.9 Å². The van der Waals surface area contributed by atoms with Crippen molar-refractivity contribution in [3.05, 3.63) is 82.4 Å². The van der Waals surface area contributed by atoms with Crippen LogP contribution in [-0.4, -0.2) is 34.6 Å². The summed E-state index contributed by atoms with van der Waals surface area (Å²) >= 11 is 0. The van der Waals surface area contributed by atoms with Crippen molar-refractivity contribution < 1.29 is 34.6 Å². The lowest BCUT2D eigenvalue weighted by Crippen LogP contribution is -2.17. The molecular weight excluding hydrogens is 488 g/mol. The zero-order valence-corrected chi connectivity index (χ0v) is 20.1. The molecular formula is C23H21F2NO6S2. The number of allylic oxidation sites excluding steroid dienone is 2. The molecule has 2 aromatic carbocycles. The molecule has 0 aliphatic carbocycles. The van der Waals surface area contributed by atoms with E-state index >= 15 is 0 Å². The monoisotopic (exact) mass is 509 g/mol. The first-order valence-corrected chi connectivity index (χ1v) is 13.3. The van der Waals surface area contributed by atoms with Gasteiger partial charge in [-0.25, -0.2) is 22.2 Å². The number of halogens is 2. The maximum atomic E-state index is 14.2. The van der Waals surface area contributed by atoms with Crippen LogP contribution in [0.25, 0.3) is 0 Å². The number of sulfone groups is 1. The number of nitrogens with zero attached hydrogens (tertiary/aromatic N) is 1. The van der Waals surface area contributed by atoms with E-state index < -0.39 is 48.0 Å². The molecule has 180 valence electrons. The number of benzene rings is 2.